The van der Waals surface area contributed by atoms with Crippen molar-refractivity contribution in [2.45, 2.75) is 37.2 Å². The Balaban J connectivity index is 0.000000260. The third kappa shape index (κ3) is 4.82. The van der Waals surface area contributed by atoms with E-state index in [2.05, 4.69) is 21.7 Å². The minimum absolute atomic E-state index is 0.0526. The van der Waals surface area contributed by atoms with Crippen molar-refractivity contribution in [3.63, 3.8) is 0 Å². The van der Waals surface area contributed by atoms with Gasteiger partial charge in [-0.3, -0.25) is 4.90 Å². The standard InChI is InChI=1S/C14H20N2O2S2.C2HF3O2/c17-20(18,13-1-2-13)16-10-14(11-16)4-5-15(9-14)7-12-3-6-19-8-12;3-2(4,5)1(6)7/h3,6,8,13H,1-2,4-5,7,9-11H2;(H,6,7). The van der Waals surface area contributed by atoms with Crippen molar-refractivity contribution in [3.05, 3.63) is 22.4 Å². The van der Waals surface area contributed by atoms with Crippen molar-refractivity contribution in [1.29, 1.82) is 0 Å². The van der Waals surface area contributed by atoms with Gasteiger partial charge in [0, 0.05) is 31.6 Å². The number of carbonyl (C=O) groups is 1. The summed E-state index contributed by atoms with van der Waals surface area (Å²) in [7, 11) is -2.94. The summed E-state index contributed by atoms with van der Waals surface area (Å²) in [5.41, 5.74) is 1.63. The van der Waals surface area contributed by atoms with Crippen LogP contribution in [0.3, 0.4) is 0 Å². The summed E-state index contributed by atoms with van der Waals surface area (Å²) in [4.78, 5) is 11.4. The molecular weight excluding hydrogens is 405 g/mol. The van der Waals surface area contributed by atoms with Crippen LogP contribution in [0.5, 0.6) is 0 Å². The molecule has 3 heterocycles. The molecule has 2 saturated heterocycles. The van der Waals surface area contributed by atoms with Gasteiger partial charge < -0.3 is 5.11 Å². The van der Waals surface area contributed by atoms with Crippen LogP contribution in [0.15, 0.2) is 16.8 Å². The van der Waals surface area contributed by atoms with E-state index in [4.69, 9.17) is 9.90 Å². The number of nitrogens with zero attached hydrogens (tertiary/aromatic N) is 2. The highest BCUT2D eigenvalue weighted by Crippen LogP contribution is 2.44. The zero-order valence-electron chi connectivity index (χ0n) is 14.5. The van der Waals surface area contributed by atoms with Crippen LogP contribution in [-0.4, -0.2) is 66.3 Å². The van der Waals surface area contributed by atoms with Crippen LogP contribution in [0.25, 0.3) is 0 Å². The summed E-state index contributed by atoms with van der Waals surface area (Å²) >= 11 is 1.74. The van der Waals surface area contributed by atoms with Gasteiger partial charge in [-0.25, -0.2) is 17.5 Å². The van der Waals surface area contributed by atoms with Crippen molar-refractivity contribution < 1.29 is 31.5 Å². The molecule has 1 saturated carbocycles. The van der Waals surface area contributed by atoms with E-state index < -0.39 is 22.2 Å². The van der Waals surface area contributed by atoms with Crippen molar-refractivity contribution >= 4 is 27.3 Å². The summed E-state index contributed by atoms with van der Waals surface area (Å²) in [5, 5.41) is 11.4. The second-order valence-corrected chi connectivity index (χ2v) is 10.4. The van der Waals surface area contributed by atoms with E-state index in [-0.39, 0.29) is 10.7 Å². The van der Waals surface area contributed by atoms with Crippen LogP contribution in [-0.2, 0) is 21.4 Å². The Kier molecular flexibility index (Phi) is 5.59. The number of aliphatic carboxylic acids is 1. The quantitative estimate of drug-likeness (QED) is 0.800. The molecule has 3 fully saturated rings. The Morgan fingerprint density at radius 1 is 1.30 bits per heavy atom. The number of carboxylic acid groups (broad SMARTS) is 1. The lowest BCUT2D eigenvalue weighted by atomic mass is 9.81. The van der Waals surface area contributed by atoms with Gasteiger partial charge in [0.2, 0.25) is 10.0 Å². The molecule has 0 bridgehead atoms. The van der Waals surface area contributed by atoms with Crippen molar-refractivity contribution in [1.82, 2.24) is 9.21 Å². The van der Waals surface area contributed by atoms with Crippen LogP contribution < -0.4 is 0 Å². The van der Waals surface area contributed by atoms with E-state index in [0.29, 0.717) is 0 Å². The summed E-state index contributed by atoms with van der Waals surface area (Å²) in [6.45, 7) is 4.69. The first-order chi connectivity index (χ1) is 12.5. The topological polar surface area (TPSA) is 77.9 Å². The first-order valence-electron chi connectivity index (χ1n) is 8.54. The van der Waals surface area contributed by atoms with E-state index in [9.17, 15) is 21.6 Å². The van der Waals surface area contributed by atoms with Crippen LogP contribution >= 0.6 is 11.3 Å². The van der Waals surface area contributed by atoms with Crippen molar-refractivity contribution in [2.75, 3.05) is 26.2 Å². The number of sulfonamides is 1. The SMILES string of the molecule is O=C(O)C(F)(F)F.O=S(=O)(C1CC1)N1CC2(CCN(Cc3ccsc3)C2)C1. The Hall–Kier alpha value is -1.17. The lowest BCUT2D eigenvalue weighted by Gasteiger charge is -2.47. The molecule has 0 unspecified atom stereocenters. The van der Waals surface area contributed by atoms with Crippen molar-refractivity contribution in [2.24, 2.45) is 5.41 Å². The third-order valence-electron chi connectivity index (χ3n) is 5.08. The molecule has 0 radical (unpaired) electrons. The molecule has 11 heteroatoms. The summed E-state index contributed by atoms with van der Waals surface area (Å²) < 4.78 is 57.8. The summed E-state index contributed by atoms with van der Waals surface area (Å²) in [5.74, 6) is -2.76. The fourth-order valence-corrected chi connectivity index (χ4v) is 6.24. The molecule has 1 spiro atoms. The van der Waals surface area contributed by atoms with E-state index >= 15 is 0 Å². The molecule has 1 aliphatic carbocycles. The molecule has 0 amide bonds. The average molecular weight is 426 g/mol. The van der Waals surface area contributed by atoms with E-state index in [1.165, 1.54) is 5.56 Å². The molecule has 0 atom stereocenters. The smallest absolute Gasteiger partial charge is 0.475 e. The molecule has 2 aliphatic heterocycles. The molecule has 27 heavy (non-hydrogen) atoms. The highest BCUT2D eigenvalue weighted by molar-refractivity contribution is 7.90. The van der Waals surface area contributed by atoms with Crippen LogP contribution in [0.1, 0.15) is 24.8 Å². The molecule has 1 aromatic rings. The minimum Gasteiger partial charge on any atom is -0.475 e. The Bertz CT molecular complexity index is 770. The number of hydrogen-bond acceptors (Lipinski definition) is 5. The Labute approximate surface area is 159 Å². The maximum absolute atomic E-state index is 12.2. The second-order valence-electron chi connectivity index (χ2n) is 7.41. The van der Waals surface area contributed by atoms with Gasteiger partial charge in [0.15, 0.2) is 0 Å². The van der Waals surface area contributed by atoms with Crippen LogP contribution in [0, 0.1) is 5.41 Å². The zero-order valence-corrected chi connectivity index (χ0v) is 16.1. The Morgan fingerprint density at radius 2 is 1.93 bits per heavy atom. The van der Waals surface area contributed by atoms with Gasteiger partial charge in [0.25, 0.3) is 0 Å². The summed E-state index contributed by atoms with van der Waals surface area (Å²) in [6.07, 6.45) is -2.19. The molecule has 1 N–H and O–H groups in total. The Morgan fingerprint density at radius 3 is 2.41 bits per heavy atom. The van der Waals surface area contributed by atoms with Gasteiger partial charge >= 0.3 is 12.1 Å². The van der Waals surface area contributed by atoms with Gasteiger partial charge in [0.1, 0.15) is 0 Å². The normalized spacial score (nSPS) is 22.9. The number of hydrogen-bond donors (Lipinski definition) is 1. The molecule has 6 nitrogen and oxygen atoms in total. The minimum atomic E-state index is -5.08. The number of likely N-dealkylation sites (tertiary alicyclic amines) is 1. The van der Waals surface area contributed by atoms with Gasteiger partial charge in [-0.2, -0.15) is 24.5 Å². The first-order valence-corrected chi connectivity index (χ1v) is 11.0. The number of carboxylic acids is 1. The third-order valence-corrected chi connectivity index (χ3v) is 8.10. The second kappa shape index (κ2) is 7.34. The largest absolute Gasteiger partial charge is 0.490 e. The van der Waals surface area contributed by atoms with E-state index in [0.717, 1.165) is 52.0 Å². The lowest BCUT2D eigenvalue weighted by molar-refractivity contribution is -0.192. The van der Waals surface area contributed by atoms with Gasteiger partial charge in [0.05, 0.1) is 5.25 Å². The molecule has 1 aromatic heterocycles. The monoisotopic (exact) mass is 426 g/mol. The molecule has 0 aromatic carbocycles. The maximum atomic E-state index is 12.2. The zero-order chi connectivity index (χ0) is 19.9. The highest BCUT2D eigenvalue weighted by atomic mass is 32.2. The van der Waals surface area contributed by atoms with Gasteiger partial charge in [-0.15, -0.1) is 0 Å². The fourth-order valence-electron chi connectivity index (χ4n) is 3.52. The lowest BCUT2D eigenvalue weighted by Crippen LogP contribution is -2.60. The number of halogens is 3. The average Bonchev–Trinajstić information content (AvgIpc) is 3.13. The highest BCUT2D eigenvalue weighted by Gasteiger charge is 2.54. The molecule has 4 rings (SSSR count). The van der Waals surface area contributed by atoms with E-state index in [1.54, 1.807) is 15.6 Å². The molecular formula is C16H21F3N2O4S2. The van der Waals surface area contributed by atoms with Crippen LogP contribution in [0.2, 0.25) is 0 Å². The van der Waals surface area contributed by atoms with Gasteiger partial charge in [-0.1, -0.05) is 0 Å². The maximum Gasteiger partial charge on any atom is 0.490 e. The summed E-state index contributed by atoms with van der Waals surface area (Å²) in [6, 6.07) is 2.18. The number of alkyl halides is 3. The van der Waals surface area contributed by atoms with E-state index in [1.807, 2.05) is 0 Å². The number of thiophene rings is 1. The fraction of sp³-hybridized carbons (Fsp3) is 0.688. The molecule has 152 valence electrons. The first kappa shape index (κ1) is 20.6. The predicted molar refractivity (Wildman–Crippen MR) is 93.9 cm³/mol. The predicted octanol–water partition coefficient (Wildman–Crippen LogP) is 2.38. The number of rotatable bonds is 4. The molecule has 3 aliphatic rings. The van der Waals surface area contributed by atoms with Crippen molar-refractivity contribution in [3.8, 4) is 0 Å². The van der Waals surface area contributed by atoms with Gasteiger partial charge in [-0.05, 0) is 48.2 Å². The van der Waals surface area contributed by atoms with Crippen LogP contribution in [0.4, 0.5) is 13.2 Å².